The smallest absolute Gasteiger partial charge is 0.254 e. The van der Waals surface area contributed by atoms with Gasteiger partial charge in [-0.1, -0.05) is 41.6 Å². The average molecular weight is 457 g/mol. The summed E-state index contributed by atoms with van der Waals surface area (Å²) in [6.45, 7) is 1.94. The summed E-state index contributed by atoms with van der Waals surface area (Å²) in [5, 5.41) is 12.5. The molecule has 5 aromatic rings. The quantitative estimate of drug-likeness (QED) is 0.377. The van der Waals surface area contributed by atoms with E-state index in [0.717, 1.165) is 5.56 Å². The van der Waals surface area contributed by atoms with Crippen molar-refractivity contribution in [3.05, 3.63) is 78.1 Å². The first-order valence-electron chi connectivity index (χ1n) is 10.5. The van der Waals surface area contributed by atoms with Crippen molar-refractivity contribution < 1.29 is 18.1 Å². The Balaban J connectivity index is 1.58. The van der Waals surface area contributed by atoms with Gasteiger partial charge in [0.1, 0.15) is 28.6 Å². The van der Waals surface area contributed by atoms with Gasteiger partial charge in [-0.2, -0.15) is 0 Å². The first kappa shape index (κ1) is 21.5. The van der Waals surface area contributed by atoms with Gasteiger partial charge in [-0.05, 0) is 25.1 Å². The molecule has 3 heterocycles. The zero-order chi connectivity index (χ0) is 23.7. The maximum Gasteiger partial charge on any atom is 0.254 e. The minimum atomic E-state index is -0.496. The number of hydrogen-bond acceptors (Lipinski definition) is 8. The van der Waals surface area contributed by atoms with Gasteiger partial charge in [-0.3, -0.25) is 4.98 Å². The molecule has 0 radical (unpaired) electrons. The van der Waals surface area contributed by atoms with Crippen molar-refractivity contribution in [3.63, 3.8) is 0 Å². The third kappa shape index (κ3) is 3.71. The van der Waals surface area contributed by atoms with Crippen molar-refractivity contribution in [2.45, 2.75) is 13.5 Å². The van der Waals surface area contributed by atoms with Gasteiger partial charge in [0.05, 0.1) is 18.4 Å². The number of aryl methyl sites for hydroxylation is 1. The van der Waals surface area contributed by atoms with E-state index in [1.54, 1.807) is 31.3 Å². The van der Waals surface area contributed by atoms with Gasteiger partial charge in [-0.25, -0.2) is 4.39 Å². The fourth-order valence-corrected chi connectivity index (χ4v) is 3.79. The molecule has 8 nitrogen and oxygen atoms in total. The second-order valence-electron chi connectivity index (χ2n) is 7.47. The number of nitrogens with zero attached hydrogens (tertiary/aromatic N) is 4. The molecule has 0 amide bonds. The largest absolute Gasteiger partial charge is 0.496 e. The first-order chi connectivity index (χ1) is 16.6. The monoisotopic (exact) mass is 457 g/mol. The minimum absolute atomic E-state index is 0.0992. The Hall–Kier alpha value is -4.37. The van der Waals surface area contributed by atoms with E-state index in [-0.39, 0.29) is 18.3 Å². The molecule has 0 bridgehead atoms. The Morgan fingerprint density at radius 3 is 2.53 bits per heavy atom. The van der Waals surface area contributed by atoms with Crippen LogP contribution in [0.3, 0.4) is 0 Å². The number of halogens is 1. The second kappa shape index (κ2) is 8.87. The van der Waals surface area contributed by atoms with Crippen LogP contribution < -0.4 is 10.5 Å². The zero-order valence-corrected chi connectivity index (χ0v) is 18.4. The predicted octanol–water partition coefficient (Wildman–Crippen LogP) is 5.04. The number of nitrogens with two attached hydrogens (primary N) is 1. The van der Waals surface area contributed by atoms with Gasteiger partial charge in [0.15, 0.2) is 0 Å². The molecule has 0 saturated carbocycles. The summed E-state index contributed by atoms with van der Waals surface area (Å²) in [7, 11) is 1.49. The molecule has 0 atom stereocenters. The molecule has 34 heavy (non-hydrogen) atoms. The summed E-state index contributed by atoms with van der Waals surface area (Å²) in [5.41, 5.74) is 9.57. The third-order valence-electron chi connectivity index (χ3n) is 5.44. The van der Waals surface area contributed by atoms with Crippen molar-refractivity contribution in [2.75, 3.05) is 7.11 Å². The van der Waals surface area contributed by atoms with E-state index >= 15 is 4.39 Å². The Morgan fingerprint density at radius 1 is 0.971 bits per heavy atom. The van der Waals surface area contributed by atoms with E-state index in [9.17, 15) is 0 Å². The Bertz CT molecular complexity index is 1460. The molecule has 9 heteroatoms. The maximum absolute atomic E-state index is 15.2. The molecule has 170 valence electrons. The molecule has 2 N–H and O–H groups in total. The lowest BCUT2D eigenvalue weighted by Gasteiger charge is -2.12. The fraction of sp³-hybridized carbons (Fsp3) is 0.120. The summed E-state index contributed by atoms with van der Waals surface area (Å²) in [4.78, 5) is 4.24. The normalized spacial score (nSPS) is 11.1. The van der Waals surface area contributed by atoms with Crippen molar-refractivity contribution in [2.24, 2.45) is 5.73 Å². The van der Waals surface area contributed by atoms with Gasteiger partial charge >= 0.3 is 0 Å². The summed E-state index contributed by atoms with van der Waals surface area (Å²) in [6, 6.07) is 15.9. The fourth-order valence-electron chi connectivity index (χ4n) is 3.79. The Morgan fingerprint density at radius 2 is 1.76 bits per heavy atom. The van der Waals surface area contributed by atoms with Gasteiger partial charge in [0, 0.05) is 29.4 Å². The van der Waals surface area contributed by atoms with Gasteiger partial charge in [0.25, 0.3) is 11.8 Å². The van der Waals surface area contributed by atoms with Gasteiger partial charge in [-0.15, -0.1) is 10.2 Å². The number of methoxy groups -OCH3 is 1. The van der Waals surface area contributed by atoms with Crippen LogP contribution >= 0.6 is 0 Å². The number of benzene rings is 2. The Labute approximate surface area is 194 Å². The molecular weight excluding hydrogens is 437 g/mol. The highest BCUT2D eigenvalue weighted by molar-refractivity contribution is 5.79. The molecule has 2 aromatic carbocycles. The summed E-state index contributed by atoms with van der Waals surface area (Å²) in [5.74, 6) is 0.695. The standard InChI is InChI=1S/C25H20FN5O3/c1-14-22(23(31-34-14)15-7-4-3-5-8-15)25-30-29-24(33-25)18-11-19(26)17(12-21(18)32-2)16-9-6-10-28-20(16)13-27/h3-12H,13,27H2,1-2H3. The zero-order valence-electron chi connectivity index (χ0n) is 18.4. The lowest BCUT2D eigenvalue weighted by atomic mass is 10.0. The Kier molecular flexibility index (Phi) is 5.60. The van der Waals surface area contributed by atoms with E-state index in [1.165, 1.54) is 13.2 Å². The van der Waals surface area contributed by atoms with Crippen LogP contribution in [0, 0.1) is 12.7 Å². The summed E-state index contributed by atoms with van der Waals surface area (Å²) < 4.78 is 32.1. The highest BCUT2D eigenvalue weighted by atomic mass is 19.1. The molecule has 0 spiro atoms. The third-order valence-corrected chi connectivity index (χ3v) is 5.44. The number of aromatic nitrogens is 4. The van der Waals surface area contributed by atoms with E-state index in [2.05, 4.69) is 20.3 Å². The van der Waals surface area contributed by atoms with Crippen LogP contribution in [-0.4, -0.2) is 27.4 Å². The number of pyridine rings is 1. The van der Waals surface area contributed by atoms with Crippen LogP contribution in [0.1, 0.15) is 11.5 Å². The SMILES string of the molecule is COc1cc(-c2cccnc2CN)c(F)cc1-c1nnc(-c2c(-c3ccccc3)noc2C)o1. The lowest BCUT2D eigenvalue weighted by molar-refractivity contribution is 0.399. The van der Waals surface area contributed by atoms with Crippen LogP contribution in [-0.2, 0) is 6.54 Å². The van der Waals surface area contributed by atoms with Crippen LogP contribution in [0.4, 0.5) is 4.39 Å². The lowest BCUT2D eigenvalue weighted by Crippen LogP contribution is -2.03. The minimum Gasteiger partial charge on any atom is -0.496 e. The topological polar surface area (TPSA) is 113 Å². The van der Waals surface area contributed by atoms with Crippen molar-refractivity contribution in [1.82, 2.24) is 20.3 Å². The molecule has 0 saturated heterocycles. The predicted molar refractivity (Wildman–Crippen MR) is 123 cm³/mol. The molecular formula is C25H20FN5O3. The average Bonchev–Trinajstić information content (AvgIpc) is 3.51. The van der Waals surface area contributed by atoms with Crippen LogP contribution in [0.5, 0.6) is 5.75 Å². The molecule has 3 aromatic heterocycles. The first-order valence-corrected chi connectivity index (χ1v) is 10.5. The van der Waals surface area contributed by atoms with Crippen LogP contribution in [0.2, 0.25) is 0 Å². The number of rotatable bonds is 6. The van der Waals surface area contributed by atoms with E-state index in [4.69, 9.17) is 19.4 Å². The maximum atomic E-state index is 15.2. The highest BCUT2D eigenvalue weighted by Crippen LogP contribution is 2.39. The molecule has 0 aliphatic carbocycles. The number of hydrogen-bond donors (Lipinski definition) is 1. The van der Waals surface area contributed by atoms with Crippen molar-refractivity contribution >= 4 is 0 Å². The van der Waals surface area contributed by atoms with Crippen LogP contribution in [0.15, 0.2) is 69.7 Å². The molecule has 0 aliphatic rings. The highest BCUT2D eigenvalue weighted by Gasteiger charge is 2.24. The summed E-state index contributed by atoms with van der Waals surface area (Å²) in [6.07, 6.45) is 1.62. The van der Waals surface area contributed by atoms with Crippen LogP contribution in [0.25, 0.3) is 45.3 Å². The van der Waals surface area contributed by atoms with Crippen molar-refractivity contribution in [3.8, 4) is 51.0 Å². The van der Waals surface area contributed by atoms with E-state index in [1.807, 2.05) is 30.3 Å². The molecule has 5 rings (SSSR count). The van der Waals surface area contributed by atoms with E-state index in [0.29, 0.717) is 45.2 Å². The number of ether oxygens (including phenoxy) is 1. The van der Waals surface area contributed by atoms with E-state index < -0.39 is 5.82 Å². The van der Waals surface area contributed by atoms with Crippen molar-refractivity contribution in [1.29, 1.82) is 0 Å². The molecule has 0 fully saturated rings. The molecule has 0 unspecified atom stereocenters. The van der Waals surface area contributed by atoms with Gasteiger partial charge < -0.3 is 19.4 Å². The molecule has 0 aliphatic heterocycles. The second-order valence-corrected chi connectivity index (χ2v) is 7.47. The van der Waals surface area contributed by atoms with Gasteiger partial charge in [0.2, 0.25) is 0 Å². The summed E-state index contributed by atoms with van der Waals surface area (Å²) >= 11 is 0.